The second-order valence-electron chi connectivity index (χ2n) is 9.89. The Labute approximate surface area is 224 Å². The Morgan fingerprint density at radius 3 is 2.19 bits per heavy atom. The quantitative estimate of drug-likeness (QED) is 0.264. The molecule has 5 rings (SSSR count). The van der Waals surface area contributed by atoms with Gasteiger partial charge in [-0.2, -0.15) is 5.10 Å². The highest BCUT2D eigenvalue weighted by Gasteiger charge is 2.17. The Morgan fingerprint density at radius 1 is 0.919 bits per heavy atom. The van der Waals surface area contributed by atoms with E-state index in [1.807, 2.05) is 54.6 Å². The number of fused-ring (bicyclic) bond motifs is 1. The number of nitrogens with zero attached hydrogens (tertiary/aromatic N) is 3. The van der Waals surface area contributed by atoms with Crippen molar-refractivity contribution in [1.82, 2.24) is 14.7 Å². The summed E-state index contributed by atoms with van der Waals surface area (Å²) in [6, 6.07) is 21.6. The average molecular weight is 516 g/mol. The molecule has 0 saturated heterocycles. The van der Waals surface area contributed by atoms with Gasteiger partial charge in [0, 0.05) is 44.0 Å². The summed E-state index contributed by atoms with van der Waals surface area (Å²) in [5.41, 5.74) is 5.42. The van der Waals surface area contributed by atoms with Gasteiger partial charge in [0.1, 0.15) is 5.69 Å². The van der Waals surface area contributed by atoms with E-state index in [0.717, 1.165) is 33.0 Å². The molecule has 4 aromatic rings. The van der Waals surface area contributed by atoms with Gasteiger partial charge in [-0.1, -0.05) is 67.3 Å². The number of aryl methyl sites for hydroxylation is 1. The van der Waals surface area contributed by atoms with Crippen molar-refractivity contribution in [3.05, 3.63) is 88.6 Å². The lowest BCUT2D eigenvalue weighted by Gasteiger charge is -2.22. The molecular weight excluding hydrogens is 482 g/mol. The number of carbonyl (C=O) groups is 2. The molecule has 37 heavy (non-hydrogen) atoms. The summed E-state index contributed by atoms with van der Waals surface area (Å²) in [4.78, 5) is 25.3. The third kappa shape index (κ3) is 6.11. The fourth-order valence-corrected chi connectivity index (χ4v) is 5.37. The van der Waals surface area contributed by atoms with Gasteiger partial charge in [-0.25, -0.2) is 0 Å². The Bertz CT molecular complexity index is 1400. The number of rotatable bonds is 4. The van der Waals surface area contributed by atoms with Crippen LogP contribution < -0.4 is 0 Å². The third-order valence-electron chi connectivity index (χ3n) is 6.99. The molecule has 1 aliphatic carbocycles. The molecule has 0 spiro atoms. The molecule has 0 atom stereocenters. The van der Waals surface area contributed by atoms with E-state index in [-0.39, 0.29) is 11.7 Å². The van der Waals surface area contributed by atoms with Crippen LogP contribution in [0.1, 0.15) is 71.4 Å². The van der Waals surface area contributed by atoms with Gasteiger partial charge in [-0.3, -0.25) is 14.3 Å². The molecule has 192 valence electrons. The third-order valence-corrected chi connectivity index (χ3v) is 7.33. The van der Waals surface area contributed by atoms with Crippen LogP contribution in [-0.4, -0.2) is 40.5 Å². The van der Waals surface area contributed by atoms with E-state index in [4.69, 9.17) is 11.6 Å². The minimum absolute atomic E-state index is 0.000647. The topological polar surface area (TPSA) is 55.2 Å². The monoisotopic (exact) mass is 515 g/mol. The average Bonchev–Trinajstić information content (AvgIpc) is 3.24. The molecule has 1 aliphatic rings. The van der Waals surface area contributed by atoms with E-state index in [9.17, 15) is 9.59 Å². The van der Waals surface area contributed by atoms with Crippen LogP contribution in [-0.2, 0) is 7.05 Å². The molecule has 1 fully saturated rings. The number of Topliss-reactive ketones (excluding diaryl/α,β-unsaturated/α-hetero) is 1. The fourth-order valence-electron chi connectivity index (χ4n) is 5.08. The van der Waals surface area contributed by atoms with Gasteiger partial charge in [0.2, 0.25) is 0 Å². The van der Waals surface area contributed by atoms with E-state index in [1.54, 1.807) is 37.6 Å². The summed E-state index contributed by atoms with van der Waals surface area (Å²) >= 11 is 6.16. The first kappa shape index (κ1) is 26.6. The molecule has 3 aromatic carbocycles. The van der Waals surface area contributed by atoms with Gasteiger partial charge < -0.3 is 4.90 Å². The maximum atomic E-state index is 12.0. The zero-order valence-corrected chi connectivity index (χ0v) is 22.8. The fraction of sp³-hybridized carbons (Fsp3) is 0.323. The number of carbonyl (C=O) groups excluding carboxylic acids is 2. The first-order valence-electron chi connectivity index (χ1n) is 12.8. The molecule has 6 heteroatoms. The maximum Gasteiger partial charge on any atom is 0.253 e. The molecule has 0 unspecified atom stereocenters. The summed E-state index contributed by atoms with van der Waals surface area (Å²) in [7, 11) is 5.24. The van der Waals surface area contributed by atoms with E-state index < -0.39 is 0 Å². The van der Waals surface area contributed by atoms with Gasteiger partial charge in [-0.15, -0.1) is 0 Å². The number of amides is 1. The highest BCUT2D eigenvalue weighted by atomic mass is 35.5. The van der Waals surface area contributed by atoms with Crippen LogP contribution in [0.3, 0.4) is 0 Å². The summed E-state index contributed by atoms with van der Waals surface area (Å²) in [5.74, 6) is 0.703. The first-order valence-corrected chi connectivity index (χ1v) is 13.2. The predicted molar refractivity (Wildman–Crippen MR) is 151 cm³/mol. The van der Waals surface area contributed by atoms with Gasteiger partial charge in [0.25, 0.3) is 5.91 Å². The van der Waals surface area contributed by atoms with E-state index in [1.165, 1.54) is 37.7 Å². The van der Waals surface area contributed by atoms with Gasteiger partial charge in [0.05, 0.1) is 5.52 Å². The van der Waals surface area contributed by atoms with Crippen LogP contribution in [0.15, 0.2) is 66.7 Å². The normalized spacial score (nSPS) is 13.6. The molecular formula is C31H34ClN3O2. The lowest BCUT2D eigenvalue weighted by molar-refractivity contribution is 0.0827. The van der Waals surface area contributed by atoms with Crippen molar-refractivity contribution in [1.29, 1.82) is 0 Å². The van der Waals surface area contributed by atoms with Crippen LogP contribution in [0.5, 0.6) is 0 Å². The molecule has 1 aromatic heterocycles. The van der Waals surface area contributed by atoms with Gasteiger partial charge >= 0.3 is 0 Å². The van der Waals surface area contributed by atoms with Crippen molar-refractivity contribution in [2.45, 2.75) is 44.9 Å². The lowest BCUT2D eigenvalue weighted by atomic mass is 9.84. The minimum atomic E-state index is -0.0205. The lowest BCUT2D eigenvalue weighted by Crippen LogP contribution is -2.21. The molecule has 1 amide bonds. The highest BCUT2D eigenvalue weighted by Crippen LogP contribution is 2.35. The van der Waals surface area contributed by atoms with Crippen molar-refractivity contribution in [3.63, 3.8) is 0 Å². The predicted octanol–water partition coefficient (Wildman–Crippen LogP) is 7.53. The molecule has 5 nitrogen and oxygen atoms in total. The van der Waals surface area contributed by atoms with Crippen LogP contribution in [0.2, 0.25) is 5.02 Å². The smallest absolute Gasteiger partial charge is 0.253 e. The second kappa shape index (κ2) is 11.7. The van der Waals surface area contributed by atoms with Gasteiger partial charge in [-0.05, 0) is 65.8 Å². The van der Waals surface area contributed by atoms with E-state index in [0.29, 0.717) is 11.3 Å². The summed E-state index contributed by atoms with van der Waals surface area (Å²) < 4.78 is 1.62. The Kier molecular flexibility index (Phi) is 8.45. The minimum Gasteiger partial charge on any atom is -0.345 e. The molecule has 0 N–H and O–H groups in total. The second-order valence-corrected chi connectivity index (χ2v) is 10.3. The van der Waals surface area contributed by atoms with Crippen LogP contribution in [0.25, 0.3) is 22.0 Å². The van der Waals surface area contributed by atoms with Crippen LogP contribution in [0, 0.1) is 0 Å². The molecule has 0 aliphatic heterocycles. The zero-order valence-electron chi connectivity index (χ0n) is 22.0. The molecule has 1 heterocycles. The number of hydrogen-bond donors (Lipinski definition) is 0. The first-order chi connectivity index (χ1) is 17.8. The number of benzene rings is 3. The molecule has 0 bridgehead atoms. The number of ketones is 1. The van der Waals surface area contributed by atoms with Crippen molar-refractivity contribution >= 4 is 34.2 Å². The SMILES string of the molecule is CC(=O)c1c2ccc(-c3ccc(C(=O)N(C)C)cc3)cc2nn1C.Clc1ccccc1C1CCCCC1. The number of hydrogen-bond acceptors (Lipinski definition) is 3. The number of halogens is 1. The maximum absolute atomic E-state index is 12.0. The number of aromatic nitrogens is 2. The van der Waals surface area contributed by atoms with E-state index in [2.05, 4.69) is 17.2 Å². The zero-order chi connectivity index (χ0) is 26.5. The summed E-state index contributed by atoms with van der Waals surface area (Å²) in [5, 5.41) is 6.23. The Hall–Kier alpha value is -3.44. The highest BCUT2D eigenvalue weighted by molar-refractivity contribution is 6.31. The van der Waals surface area contributed by atoms with Crippen molar-refractivity contribution in [3.8, 4) is 11.1 Å². The molecule has 1 saturated carbocycles. The molecule has 0 radical (unpaired) electrons. The van der Waals surface area contributed by atoms with Crippen molar-refractivity contribution < 1.29 is 9.59 Å². The van der Waals surface area contributed by atoms with E-state index >= 15 is 0 Å². The summed E-state index contributed by atoms with van der Waals surface area (Å²) in [6.07, 6.45) is 6.79. The van der Waals surface area contributed by atoms with Crippen LogP contribution >= 0.6 is 11.6 Å². The Morgan fingerprint density at radius 2 is 1.57 bits per heavy atom. The Balaban J connectivity index is 0.000000207. The standard InChI is InChI=1S/C19H19N3O2.C12H15Cl/c1-12(23)18-16-10-9-15(11-17(16)20-22(18)4)13-5-7-14(8-6-13)19(24)21(2)3;13-12-9-5-4-8-11(12)10-6-2-1-3-7-10/h5-11H,1-4H3;4-5,8-10H,1-3,6-7H2. The summed E-state index contributed by atoms with van der Waals surface area (Å²) in [6.45, 7) is 1.55. The van der Waals surface area contributed by atoms with Gasteiger partial charge in [0.15, 0.2) is 5.78 Å². The largest absolute Gasteiger partial charge is 0.345 e. The van der Waals surface area contributed by atoms with Crippen molar-refractivity contribution in [2.24, 2.45) is 7.05 Å². The van der Waals surface area contributed by atoms with Crippen molar-refractivity contribution in [2.75, 3.05) is 14.1 Å². The van der Waals surface area contributed by atoms with Crippen LogP contribution in [0.4, 0.5) is 0 Å².